The van der Waals surface area contributed by atoms with Gasteiger partial charge in [0.1, 0.15) is 66.5 Å². The molecule has 0 saturated carbocycles. The van der Waals surface area contributed by atoms with E-state index in [2.05, 4.69) is 21.3 Å². The van der Waals surface area contributed by atoms with Crippen molar-refractivity contribution >= 4 is 65.0 Å². The van der Waals surface area contributed by atoms with E-state index < -0.39 is 143 Å². The van der Waals surface area contributed by atoms with E-state index in [1.54, 1.807) is 34.6 Å². The molecule has 22 heteroatoms. The molecule has 0 aromatic rings. The second-order valence-corrected chi connectivity index (χ2v) is 26.4. The second kappa shape index (κ2) is 34.9. The van der Waals surface area contributed by atoms with Gasteiger partial charge in [-0.1, -0.05) is 109 Å². The smallest absolute Gasteiger partial charge is 0.246 e. The second-order valence-electron chi connectivity index (χ2n) is 26.4. The van der Waals surface area contributed by atoms with Crippen molar-refractivity contribution in [2.75, 3.05) is 49.3 Å². The van der Waals surface area contributed by atoms with Gasteiger partial charge in [-0.25, -0.2) is 0 Å². The summed E-state index contributed by atoms with van der Waals surface area (Å²) in [6.45, 7) is 32.1. The Morgan fingerprint density at radius 3 is 1.20 bits per heavy atom. The molecule has 1 heterocycles. The van der Waals surface area contributed by atoms with Crippen LogP contribution in [0.25, 0.3) is 0 Å². The van der Waals surface area contributed by atoms with E-state index in [9.17, 15) is 43.2 Å². The van der Waals surface area contributed by atoms with Crippen LogP contribution >= 0.6 is 0 Å². The van der Waals surface area contributed by atoms with E-state index in [-0.39, 0.29) is 68.1 Å². The molecule has 0 aromatic carbocycles. The minimum Gasteiger partial charge on any atom is -0.343 e. The van der Waals surface area contributed by atoms with Crippen LogP contribution in [0.2, 0.25) is 0 Å². The maximum Gasteiger partial charge on any atom is 0.246 e. The van der Waals surface area contributed by atoms with Crippen LogP contribution < -0.4 is 21.3 Å². The highest BCUT2D eigenvalue weighted by molar-refractivity contribution is 5.99. The van der Waals surface area contributed by atoms with E-state index >= 15 is 9.59 Å². The van der Waals surface area contributed by atoms with Gasteiger partial charge in [0.25, 0.3) is 0 Å². The zero-order chi connectivity index (χ0) is 66.0. The molecule has 0 aliphatic carbocycles. The number of nitrogens with one attached hydrogen (secondary N) is 4. The molecule has 0 aromatic heterocycles. The van der Waals surface area contributed by atoms with E-state index in [0.29, 0.717) is 6.42 Å². The summed E-state index contributed by atoms with van der Waals surface area (Å²) in [5, 5.41) is 11.2. The van der Waals surface area contributed by atoms with Crippen molar-refractivity contribution in [1.29, 1.82) is 0 Å². The third kappa shape index (κ3) is 21.7. The number of amides is 11. The van der Waals surface area contributed by atoms with Gasteiger partial charge in [-0.15, -0.1) is 0 Å². The van der Waals surface area contributed by atoms with Gasteiger partial charge in [-0.05, 0) is 114 Å². The standard InChI is InChI=1S/C63H113N11O11/c1-26-28-29-41(15)34-48-55(77)66-45(27-2)59(81)68(19)44(18)58(80)69(20)47(31-36(5)6)56(78)67-51(39(11)12)62(84)70(21)46(30-35(3)4)54(76)64-42(16)53(75)65-43(17)57(79)72(23)49(32-37(7)8)60(82)73(24)50(33-38(9)10)61(83)74(25)52(40(13)14)63(85)71(48)22/h26,28,35-52H,27,29-34H2,1-25H3,(H,64,76)(H,65,75)(H,66,77)(H,67,78)/b28-26+/t41-,42-,43+,44-,45+,46-,47+,48+,49+,50+,51-,52+/m1/s1. The Kier molecular flexibility index (Phi) is 31.6. The molecule has 1 fully saturated rings. The Morgan fingerprint density at radius 2 is 0.765 bits per heavy atom. The van der Waals surface area contributed by atoms with Crippen LogP contribution in [0.3, 0.4) is 0 Å². The number of rotatable bonds is 15. The quantitative estimate of drug-likeness (QED) is 0.164. The molecule has 486 valence electrons. The van der Waals surface area contributed by atoms with Crippen molar-refractivity contribution in [1.82, 2.24) is 55.6 Å². The monoisotopic (exact) mass is 1200 g/mol. The first-order chi connectivity index (χ1) is 39.2. The summed E-state index contributed by atoms with van der Waals surface area (Å²) in [6.07, 6.45) is 5.41. The predicted molar refractivity (Wildman–Crippen MR) is 332 cm³/mol. The minimum atomic E-state index is -1.21. The van der Waals surface area contributed by atoms with Crippen LogP contribution in [0.5, 0.6) is 0 Å². The first-order valence-electron chi connectivity index (χ1n) is 30.9. The molecule has 0 radical (unpaired) electrons. The first kappa shape index (κ1) is 76.9. The highest BCUT2D eigenvalue weighted by atomic mass is 16.2. The predicted octanol–water partition coefficient (Wildman–Crippen LogP) is 4.69. The lowest BCUT2D eigenvalue weighted by Gasteiger charge is -2.41. The summed E-state index contributed by atoms with van der Waals surface area (Å²) >= 11 is 0. The molecule has 0 bridgehead atoms. The fourth-order valence-electron chi connectivity index (χ4n) is 10.9. The molecule has 0 spiro atoms. The Hall–Kier alpha value is -6.09. The van der Waals surface area contributed by atoms with Crippen LogP contribution in [0.4, 0.5) is 0 Å². The average Bonchev–Trinajstić information content (AvgIpc) is 3.58. The molecule has 1 aliphatic heterocycles. The fourth-order valence-corrected chi connectivity index (χ4v) is 10.9. The van der Waals surface area contributed by atoms with Crippen LogP contribution in [0, 0.1) is 41.4 Å². The van der Waals surface area contributed by atoms with Crippen molar-refractivity contribution in [3.63, 3.8) is 0 Å². The lowest BCUT2D eigenvalue weighted by Crippen LogP contribution is -2.62. The Morgan fingerprint density at radius 1 is 0.388 bits per heavy atom. The fraction of sp³-hybridized carbons (Fsp3) is 0.794. The molecule has 4 N–H and O–H groups in total. The van der Waals surface area contributed by atoms with Gasteiger partial charge < -0.3 is 55.6 Å². The topological polar surface area (TPSA) is 259 Å². The third-order valence-electron chi connectivity index (χ3n) is 16.4. The number of likely N-dealkylation sites (N-methyl/N-ethyl adjacent to an activating group) is 7. The first-order valence-corrected chi connectivity index (χ1v) is 30.9. The van der Waals surface area contributed by atoms with Crippen LogP contribution in [0.15, 0.2) is 12.2 Å². The summed E-state index contributed by atoms with van der Waals surface area (Å²) in [4.78, 5) is 170. The number of carbonyl (C=O) groups is 11. The molecule has 1 rings (SSSR count). The molecule has 22 nitrogen and oxygen atoms in total. The molecule has 85 heavy (non-hydrogen) atoms. The number of nitrogens with zero attached hydrogens (tertiary/aromatic N) is 7. The summed E-state index contributed by atoms with van der Waals surface area (Å²) < 4.78 is 0. The summed E-state index contributed by atoms with van der Waals surface area (Å²) in [5.74, 6) is -8.34. The summed E-state index contributed by atoms with van der Waals surface area (Å²) in [7, 11) is 10.3. The van der Waals surface area contributed by atoms with E-state index in [1.807, 2.05) is 81.4 Å². The lowest BCUT2D eigenvalue weighted by atomic mass is 9.93. The number of hydrogen-bond donors (Lipinski definition) is 4. The van der Waals surface area contributed by atoms with E-state index in [0.717, 1.165) is 0 Å². The van der Waals surface area contributed by atoms with Gasteiger partial charge in [0.2, 0.25) is 65.0 Å². The van der Waals surface area contributed by atoms with Gasteiger partial charge in [0.05, 0.1) is 0 Å². The normalized spacial score (nSPS) is 27.4. The van der Waals surface area contributed by atoms with Gasteiger partial charge in [-0.2, -0.15) is 0 Å². The number of carbonyl (C=O) groups excluding carboxylic acids is 11. The van der Waals surface area contributed by atoms with Crippen molar-refractivity contribution < 1.29 is 52.7 Å². The van der Waals surface area contributed by atoms with Gasteiger partial charge in [-0.3, -0.25) is 52.7 Å². The molecular weight excluding hydrogens is 1090 g/mol. The van der Waals surface area contributed by atoms with Crippen LogP contribution in [-0.2, 0) is 52.7 Å². The van der Waals surface area contributed by atoms with E-state index in [1.165, 1.54) is 104 Å². The molecule has 1 aliphatic rings. The largest absolute Gasteiger partial charge is 0.343 e. The highest BCUT2D eigenvalue weighted by Crippen LogP contribution is 2.25. The zero-order valence-electron chi connectivity index (χ0n) is 56.6. The summed E-state index contributed by atoms with van der Waals surface area (Å²) in [6, 6.07) is -12.6. The summed E-state index contributed by atoms with van der Waals surface area (Å²) in [5.41, 5.74) is 0. The molecule has 1 saturated heterocycles. The Labute approximate surface area is 510 Å². The SMILES string of the molecule is C/C=C/C[C@@H](C)C[C@H]1C(=O)N[C@@H](CC)C(=O)N(C)[C@H](C)C(=O)N(C)[C@@H](CC(C)C)C(=O)N[C@H](C(C)C)C(=O)N(C)[C@H](CC(C)C)C(=O)N[C@H](C)C(=O)N[C@@H](C)C(=O)N(C)[C@@H](CC(C)C)C(=O)N(C)[C@@H](CC(C)C)C(=O)N(C)[C@@H](C(C)C)C(=O)N1C. The molecule has 11 amide bonds. The van der Waals surface area contributed by atoms with Crippen LogP contribution in [0.1, 0.15) is 170 Å². The van der Waals surface area contributed by atoms with E-state index in [4.69, 9.17) is 0 Å². The average molecular weight is 1200 g/mol. The molecular formula is C63H113N11O11. The van der Waals surface area contributed by atoms with Crippen molar-refractivity contribution in [3.8, 4) is 0 Å². The maximum absolute atomic E-state index is 15.1. The van der Waals surface area contributed by atoms with Crippen molar-refractivity contribution in [2.45, 2.75) is 236 Å². The number of hydrogen-bond acceptors (Lipinski definition) is 11. The van der Waals surface area contributed by atoms with Gasteiger partial charge in [0.15, 0.2) is 0 Å². The Balaban J connectivity index is 4.32. The zero-order valence-corrected chi connectivity index (χ0v) is 56.6. The minimum absolute atomic E-state index is 0.103. The maximum atomic E-state index is 15.1. The number of allylic oxidation sites excluding steroid dienone is 2. The molecule has 0 unspecified atom stereocenters. The molecule has 12 atom stereocenters. The van der Waals surface area contributed by atoms with Crippen molar-refractivity contribution in [3.05, 3.63) is 12.2 Å². The Bertz CT molecular complexity index is 2320. The van der Waals surface area contributed by atoms with Gasteiger partial charge in [0, 0.05) is 49.3 Å². The highest BCUT2D eigenvalue weighted by Gasteiger charge is 2.44. The third-order valence-corrected chi connectivity index (χ3v) is 16.4. The van der Waals surface area contributed by atoms with Crippen molar-refractivity contribution in [2.24, 2.45) is 41.4 Å². The van der Waals surface area contributed by atoms with Gasteiger partial charge >= 0.3 is 0 Å². The van der Waals surface area contributed by atoms with Crippen LogP contribution in [-0.4, -0.2) is 215 Å². The lowest BCUT2D eigenvalue weighted by molar-refractivity contribution is -0.156.